The second-order valence-corrected chi connectivity index (χ2v) is 7.35. The van der Waals surface area contributed by atoms with Crippen molar-refractivity contribution in [3.05, 3.63) is 65.7 Å². The number of nitrogens with one attached hydrogen (secondary N) is 1. The van der Waals surface area contributed by atoms with Gasteiger partial charge in [-0.1, -0.05) is 61.7 Å². The van der Waals surface area contributed by atoms with Gasteiger partial charge in [-0.15, -0.1) is 12.4 Å². The monoisotopic (exact) mass is 464 g/mol. The van der Waals surface area contributed by atoms with Crippen molar-refractivity contribution < 1.29 is 24.2 Å². The molecule has 4 N–H and O–H groups in total. The smallest absolute Gasteiger partial charge is 0.408 e. The highest BCUT2D eigenvalue weighted by Crippen LogP contribution is 2.15. The molecule has 1 atom stereocenters. The number of hydrogen-bond acceptors (Lipinski definition) is 5. The first kappa shape index (κ1) is 27.3. The van der Waals surface area contributed by atoms with E-state index in [2.05, 4.69) is 5.32 Å². The lowest BCUT2D eigenvalue weighted by Gasteiger charge is -2.15. The average molecular weight is 465 g/mol. The van der Waals surface area contributed by atoms with Crippen LogP contribution in [0.5, 0.6) is 5.75 Å². The minimum absolute atomic E-state index is 0. The summed E-state index contributed by atoms with van der Waals surface area (Å²) in [6, 6.07) is 15.4. The van der Waals surface area contributed by atoms with Crippen molar-refractivity contribution in [2.45, 2.75) is 51.2 Å². The lowest BCUT2D eigenvalue weighted by atomic mass is 10.1. The first-order chi connectivity index (χ1) is 15.1. The number of carboxylic acid groups (broad SMARTS) is 1. The Hall–Kier alpha value is -2.77. The van der Waals surface area contributed by atoms with Gasteiger partial charge in [0.05, 0.1) is 6.61 Å². The summed E-state index contributed by atoms with van der Waals surface area (Å²) in [6.45, 7) is 1.47. The molecule has 2 aromatic rings. The summed E-state index contributed by atoms with van der Waals surface area (Å²) in [5.41, 5.74) is 7.09. The Morgan fingerprint density at radius 3 is 2.22 bits per heavy atom. The second kappa shape index (κ2) is 15.9. The van der Waals surface area contributed by atoms with Crippen LogP contribution in [0.15, 0.2) is 54.6 Å². The van der Waals surface area contributed by atoms with Crippen LogP contribution in [0.4, 0.5) is 4.79 Å². The van der Waals surface area contributed by atoms with Gasteiger partial charge in [-0.2, -0.15) is 0 Å². The SMILES string of the molecule is Cl.NCCCCCCCOc1ccc(CC(NC(=O)OCc2ccccc2)C(=O)O)cc1. The van der Waals surface area contributed by atoms with Crippen LogP contribution in [-0.2, 0) is 22.6 Å². The summed E-state index contributed by atoms with van der Waals surface area (Å²) < 4.78 is 10.8. The van der Waals surface area contributed by atoms with Gasteiger partial charge in [0.1, 0.15) is 18.4 Å². The molecule has 176 valence electrons. The number of carbonyl (C=O) groups is 2. The van der Waals surface area contributed by atoms with Gasteiger partial charge in [0.2, 0.25) is 0 Å². The predicted octanol–water partition coefficient (Wildman–Crippen LogP) is 4.32. The topological polar surface area (TPSA) is 111 Å². The van der Waals surface area contributed by atoms with Crippen LogP contribution in [-0.4, -0.2) is 36.4 Å². The van der Waals surface area contributed by atoms with Gasteiger partial charge in [0.15, 0.2) is 0 Å². The largest absolute Gasteiger partial charge is 0.494 e. The van der Waals surface area contributed by atoms with E-state index in [9.17, 15) is 14.7 Å². The molecule has 0 spiro atoms. The fraction of sp³-hybridized carbons (Fsp3) is 0.417. The molecule has 0 fully saturated rings. The predicted molar refractivity (Wildman–Crippen MR) is 126 cm³/mol. The first-order valence-corrected chi connectivity index (χ1v) is 10.7. The Balaban J connectivity index is 0.00000512. The summed E-state index contributed by atoms with van der Waals surface area (Å²) >= 11 is 0. The number of halogens is 1. The molecule has 1 amide bonds. The Labute approximate surface area is 195 Å². The normalized spacial score (nSPS) is 11.2. The highest BCUT2D eigenvalue weighted by molar-refractivity contribution is 5.85. The van der Waals surface area contributed by atoms with Crippen molar-refractivity contribution >= 4 is 24.5 Å². The number of benzene rings is 2. The molecule has 0 aliphatic carbocycles. The van der Waals surface area contributed by atoms with Gasteiger partial charge >= 0.3 is 12.1 Å². The van der Waals surface area contributed by atoms with E-state index in [1.807, 2.05) is 54.6 Å². The molecule has 2 rings (SSSR count). The quantitative estimate of drug-likeness (QED) is 0.359. The third kappa shape index (κ3) is 11.0. The molecule has 1 unspecified atom stereocenters. The Morgan fingerprint density at radius 2 is 1.56 bits per heavy atom. The molecular weight excluding hydrogens is 432 g/mol. The molecule has 7 nitrogen and oxygen atoms in total. The van der Waals surface area contributed by atoms with Gasteiger partial charge in [0.25, 0.3) is 0 Å². The van der Waals surface area contributed by atoms with Crippen LogP contribution in [0.25, 0.3) is 0 Å². The number of amides is 1. The van der Waals surface area contributed by atoms with Crippen molar-refractivity contribution in [2.75, 3.05) is 13.2 Å². The van der Waals surface area contributed by atoms with E-state index in [1.54, 1.807) is 0 Å². The number of hydrogen-bond donors (Lipinski definition) is 3. The van der Waals surface area contributed by atoms with E-state index >= 15 is 0 Å². The van der Waals surface area contributed by atoms with Gasteiger partial charge in [0, 0.05) is 6.42 Å². The first-order valence-electron chi connectivity index (χ1n) is 10.7. The van der Waals surface area contributed by atoms with Gasteiger partial charge < -0.3 is 25.6 Å². The zero-order chi connectivity index (χ0) is 22.3. The van der Waals surface area contributed by atoms with Crippen LogP contribution in [0.1, 0.15) is 43.2 Å². The molecule has 0 aromatic heterocycles. The summed E-state index contributed by atoms with van der Waals surface area (Å²) in [5.74, 6) is -0.376. The third-order valence-electron chi connectivity index (χ3n) is 4.78. The number of ether oxygens (including phenoxy) is 2. The summed E-state index contributed by atoms with van der Waals surface area (Å²) in [4.78, 5) is 23.5. The molecule has 0 saturated heterocycles. The number of nitrogens with two attached hydrogens (primary N) is 1. The highest BCUT2D eigenvalue weighted by Gasteiger charge is 2.21. The molecule has 0 heterocycles. The van der Waals surface area contributed by atoms with Crippen molar-refractivity contribution in [1.82, 2.24) is 5.32 Å². The maximum absolute atomic E-state index is 12.0. The number of carbonyl (C=O) groups excluding carboxylic acids is 1. The molecule has 8 heteroatoms. The zero-order valence-corrected chi connectivity index (χ0v) is 19.0. The van der Waals surface area contributed by atoms with Crippen LogP contribution in [0.2, 0.25) is 0 Å². The fourth-order valence-corrected chi connectivity index (χ4v) is 3.03. The molecule has 2 aromatic carbocycles. The maximum Gasteiger partial charge on any atom is 0.408 e. The maximum atomic E-state index is 12.0. The lowest BCUT2D eigenvalue weighted by Crippen LogP contribution is -2.42. The number of carboxylic acids is 1. The van der Waals surface area contributed by atoms with E-state index in [0.717, 1.165) is 55.5 Å². The minimum atomic E-state index is -1.12. The van der Waals surface area contributed by atoms with Gasteiger partial charge in [-0.3, -0.25) is 0 Å². The van der Waals surface area contributed by atoms with Crippen molar-refractivity contribution in [1.29, 1.82) is 0 Å². The molecule has 0 bridgehead atoms. The van der Waals surface area contributed by atoms with E-state index in [-0.39, 0.29) is 25.4 Å². The van der Waals surface area contributed by atoms with Crippen molar-refractivity contribution in [2.24, 2.45) is 5.73 Å². The summed E-state index contributed by atoms with van der Waals surface area (Å²) in [7, 11) is 0. The van der Waals surface area contributed by atoms with Gasteiger partial charge in [-0.25, -0.2) is 9.59 Å². The van der Waals surface area contributed by atoms with E-state index in [0.29, 0.717) is 6.61 Å². The molecule has 0 radical (unpaired) electrons. The second-order valence-electron chi connectivity index (χ2n) is 7.35. The number of alkyl carbamates (subject to hydrolysis) is 1. The summed E-state index contributed by atoms with van der Waals surface area (Å²) in [6.07, 6.45) is 4.88. The fourth-order valence-electron chi connectivity index (χ4n) is 3.03. The molecule has 0 saturated carbocycles. The Morgan fingerprint density at radius 1 is 0.906 bits per heavy atom. The van der Waals surface area contributed by atoms with E-state index in [1.165, 1.54) is 0 Å². The van der Waals surface area contributed by atoms with Crippen molar-refractivity contribution in [3.63, 3.8) is 0 Å². The molecule has 0 aliphatic heterocycles. The number of aliphatic carboxylic acids is 1. The molecule has 32 heavy (non-hydrogen) atoms. The van der Waals surface area contributed by atoms with E-state index in [4.69, 9.17) is 15.2 Å². The minimum Gasteiger partial charge on any atom is -0.494 e. The number of rotatable bonds is 14. The lowest BCUT2D eigenvalue weighted by molar-refractivity contribution is -0.139. The zero-order valence-electron chi connectivity index (χ0n) is 18.2. The molecule has 0 aliphatic rings. The van der Waals surface area contributed by atoms with Crippen LogP contribution in [0, 0.1) is 0 Å². The Kier molecular flexibility index (Phi) is 13.6. The van der Waals surface area contributed by atoms with Gasteiger partial charge in [-0.05, 0) is 42.6 Å². The van der Waals surface area contributed by atoms with Crippen molar-refractivity contribution in [3.8, 4) is 5.75 Å². The van der Waals surface area contributed by atoms with Crippen LogP contribution >= 0.6 is 12.4 Å². The average Bonchev–Trinajstić information content (AvgIpc) is 2.78. The van der Waals surface area contributed by atoms with Crippen LogP contribution < -0.4 is 15.8 Å². The summed E-state index contributed by atoms with van der Waals surface area (Å²) in [5, 5.41) is 11.9. The standard InChI is InChI=1S/C24H32N2O5.ClH/c25-15-7-2-1-3-8-16-30-21-13-11-19(12-14-21)17-22(23(27)28)26-24(29)31-18-20-9-5-4-6-10-20;/h4-6,9-14,22H,1-3,7-8,15-18,25H2,(H,26,29)(H,27,28);1H. The highest BCUT2D eigenvalue weighted by atomic mass is 35.5. The Bertz CT molecular complexity index is 787. The van der Waals surface area contributed by atoms with E-state index < -0.39 is 18.1 Å². The van der Waals surface area contributed by atoms with Crippen LogP contribution in [0.3, 0.4) is 0 Å². The number of unbranched alkanes of at least 4 members (excludes halogenated alkanes) is 4. The third-order valence-corrected chi connectivity index (χ3v) is 4.78. The molecular formula is C24H33ClN2O5.